The Morgan fingerprint density at radius 2 is 1.35 bits per heavy atom. The fourth-order valence-corrected chi connectivity index (χ4v) is 3.66. The van der Waals surface area contributed by atoms with E-state index in [1.54, 1.807) is 12.1 Å². The van der Waals surface area contributed by atoms with Gasteiger partial charge in [0.2, 0.25) is 0 Å². The van der Waals surface area contributed by atoms with Crippen molar-refractivity contribution in [2.24, 2.45) is 0 Å². The van der Waals surface area contributed by atoms with Crippen molar-refractivity contribution in [3.8, 4) is 23.0 Å². The molecule has 4 aromatic rings. The number of furan rings is 1. The zero-order valence-corrected chi connectivity index (χ0v) is 19.6. The number of ether oxygens (including phenoxy) is 4. The molecule has 34 heavy (non-hydrogen) atoms. The van der Waals surface area contributed by atoms with Crippen LogP contribution in [0.5, 0.6) is 23.0 Å². The zero-order chi connectivity index (χ0) is 24.7. The Hall–Kier alpha value is -4.01. The van der Waals surface area contributed by atoms with Crippen LogP contribution in [0.25, 0.3) is 32.9 Å². The zero-order valence-electron chi connectivity index (χ0n) is 19.6. The molecule has 0 amide bonds. The van der Waals surface area contributed by atoms with E-state index in [9.17, 15) is 14.4 Å². The average molecular weight is 468 g/mol. The van der Waals surface area contributed by atoms with Gasteiger partial charge in [0.05, 0.1) is 12.2 Å². The Morgan fingerprint density at radius 1 is 0.735 bits per heavy atom. The molecule has 0 atom stereocenters. The lowest BCUT2D eigenvalue weighted by Crippen LogP contribution is -2.10. The van der Waals surface area contributed by atoms with Gasteiger partial charge in [-0.15, -0.1) is 0 Å². The van der Waals surface area contributed by atoms with Gasteiger partial charge in [-0.1, -0.05) is 0 Å². The number of carbonyl (C=O) groups excluding carboxylic acids is 2. The van der Waals surface area contributed by atoms with Crippen molar-refractivity contribution in [3.63, 3.8) is 0 Å². The van der Waals surface area contributed by atoms with Gasteiger partial charge < -0.3 is 27.8 Å². The lowest BCUT2D eigenvalue weighted by Gasteiger charge is -2.16. The highest BCUT2D eigenvalue weighted by Crippen LogP contribution is 2.42. The lowest BCUT2D eigenvalue weighted by atomic mass is 10.1. The summed E-state index contributed by atoms with van der Waals surface area (Å²) in [6.07, 6.45) is -0.268. The van der Waals surface area contributed by atoms with Crippen molar-refractivity contribution in [1.82, 2.24) is 0 Å². The minimum atomic E-state index is -0.678. The summed E-state index contributed by atoms with van der Waals surface area (Å²) in [5.41, 5.74) is -0.129. The summed E-state index contributed by atoms with van der Waals surface area (Å²) >= 11 is 0. The Morgan fingerprint density at radius 3 is 1.94 bits per heavy atom. The first-order valence-electron chi connectivity index (χ1n) is 10.7. The standard InChI is InChI=1S/C25H24O9/c1-11(2)29-18-9-16-17(10-19(18)30-12(3)4)33-24-22(16)25(28)34-21-8-15(31-13(5)26)7-20(23(21)24)32-14(6)27/h7-12H,1-6H3. The van der Waals surface area contributed by atoms with E-state index in [1.807, 2.05) is 27.7 Å². The topological polar surface area (TPSA) is 114 Å². The van der Waals surface area contributed by atoms with Crippen LogP contribution in [0.3, 0.4) is 0 Å². The molecule has 2 aromatic carbocycles. The van der Waals surface area contributed by atoms with Gasteiger partial charge >= 0.3 is 17.6 Å². The van der Waals surface area contributed by atoms with Crippen LogP contribution >= 0.6 is 0 Å². The predicted octanol–water partition coefficient (Wildman–Crippen LogP) is 5.12. The number of esters is 2. The summed E-state index contributed by atoms with van der Waals surface area (Å²) in [5, 5.41) is 0.852. The van der Waals surface area contributed by atoms with E-state index in [2.05, 4.69) is 0 Å². The number of benzene rings is 2. The van der Waals surface area contributed by atoms with E-state index < -0.39 is 17.6 Å². The van der Waals surface area contributed by atoms with Crippen molar-refractivity contribution in [2.45, 2.75) is 53.8 Å². The monoisotopic (exact) mass is 468 g/mol. The number of hydrogen-bond donors (Lipinski definition) is 0. The molecule has 4 rings (SSSR count). The van der Waals surface area contributed by atoms with E-state index in [1.165, 1.54) is 26.0 Å². The maximum atomic E-state index is 13.0. The molecule has 0 bridgehead atoms. The van der Waals surface area contributed by atoms with Crippen LogP contribution < -0.4 is 24.6 Å². The van der Waals surface area contributed by atoms with E-state index in [4.69, 9.17) is 27.8 Å². The van der Waals surface area contributed by atoms with Crippen molar-refractivity contribution in [3.05, 3.63) is 34.7 Å². The average Bonchev–Trinajstić information content (AvgIpc) is 3.04. The lowest BCUT2D eigenvalue weighted by molar-refractivity contribution is -0.132. The van der Waals surface area contributed by atoms with Gasteiger partial charge in [-0.3, -0.25) is 9.59 Å². The second-order valence-corrected chi connectivity index (χ2v) is 8.31. The van der Waals surface area contributed by atoms with Crippen LogP contribution in [0, 0.1) is 0 Å². The second kappa shape index (κ2) is 8.74. The SMILES string of the molecule is CC(=O)Oc1cc(OC(C)=O)c2c(c1)oc(=O)c1c3cc(OC(C)C)c(OC(C)C)cc3oc21. The molecule has 2 aromatic heterocycles. The normalized spacial score (nSPS) is 11.5. The molecule has 0 saturated heterocycles. The van der Waals surface area contributed by atoms with Crippen LogP contribution in [-0.4, -0.2) is 24.1 Å². The first kappa shape index (κ1) is 23.2. The van der Waals surface area contributed by atoms with Gasteiger partial charge in [-0.05, 0) is 33.8 Å². The summed E-state index contributed by atoms with van der Waals surface area (Å²) in [6, 6.07) is 6.04. The molecular formula is C25H24O9. The van der Waals surface area contributed by atoms with Gasteiger partial charge in [-0.25, -0.2) is 4.79 Å². The van der Waals surface area contributed by atoms with Gasteiger partial charge in [-0.2, -0.15) is 0 Å². The minimum absolute atomic E-state index is 0.0198. The van der Waals surface area contributed by atoms with Crippen molar-refractivity contribution in [1.29, 1.82) is 0 Å². The van der Waals surface area contributed by atoms with Crippen LogP contribution in [0.1, 0.15) is 41.5 Å². The molecule has 178 valence electrons. The molecule has 9 heteroatoms. The predicted molar refractivity (Wildman–Crippen MR) is 124 cm³/mol. The van der Waals surface area contributed by atoms with Gasteiger partial charge in [0, 0.05) is 37.4 Å². The fourth-order valence-electron chi connectivity index (χ4n) is 3.66. The van der Waals surface area contributed by atoms with Crippen LogP contribution in [-0.2, 0) is 9.59 Å². The minimum Gasteiger partial charge on any atom is -0.487 e. The van der Waals surface area contributed by atoms with Gasteiger partial charge in [0.1, 0.15) is 33.4 Å². The molecule has 0 saturated carbocycles. The Balaban J connectivity index is 2.08. The van der Waals surface area contributed by atoms with E-state index in [0.29, 0.717) is 22.5 Å². The highest BCUT2D eigenvalue weighted by molar-refractivity contribution is 6.15. The Kier molecular flexibility index (Phi) is 5.95. The molecule has 0 spiro atoms. The summed E-state index contributed by atoms with van der Waals surface area (Å²) in [4.78, 5) is 36.2. The highest BCUT2D eigenvalue weighted by atomic mass is 16.5. The maximum absolute atomic E-state index is 13.0. The second-order valence-electron chi connectivity index (χ2n) is 8.31. The quantitative estimate of drug-likeness (QED) is 0.216. The third kappa shape index (κ3) is 4.41. The summed E-state index contributed by atoms with van der Waals surface area (Å²) in [6.45, 7) is 9.98. The van der Waals surface area contributed by atoms with Crippen LogP contribution in [0.2, 0.25) is 0 Å². The largest absolute Gasteiger partial charge is 0.487 e. The molecule has 0 radical (unpaired) electrons. The van der Waals surface area contributed by atoms with Gasteiger partial charge in [0.25, 0.3) is 0 Å². The first-order valence-corrected chi connectivity index (χ1v) is 10.7. The van der Waals surface area contributed by atoms with Crippen LogP contribution in [0.15, 0.2) is 37.9 Å². The van der Waals surface area contributed by atoms with Crippen molar-refractivity contribution in [2.75, 3.05) is 0 Å². The summed E-state index contributed by atoms with van der Waals surface area (Å²) in [7, 11) is 0. The molecule has 0 aliphatic carbocycles. The Labute approximate surface area is 194 Å². The molecule has 0 aliphatic rings. The third-order valence-corrected chi connectivity index (χ3v) is 4.67. The van der Waals surface area contributed by atoms with Gasteiger partial charge in [0.15, 0.2) is 17.1 Å². The van der Waals surface area contributed by atoms with E-state index >= 15 is 0 Å². The number of carbonyl (C=O) groups is 2. The number of fused-ring (bicyclic) bond motifs is 5. The molecule has 0 N–H and O–H groups in total. The highest BCUT2D eigenvalue weighted by Gasteiger charge is 2.24. The fraction of sp³-hybridized carbons (Fsp3) is 0.320. The summed E-state index contributed by atoms with van der Waals surface area (Å²) in [5.74, 6) is -0.223. The van der Waals surface area contributed by atoms with E-state index in [0.717, 1.165) is 0 Å². The smallest absolute Gasteiger partial charge is 0.348 e. The molecule has 0 fully saturated rings. The van der Waals surface area contributed by atoms with E-state index in [-0.39, 0.29) is 45.6 Å². The third-order valence-electron chi connectivity index (χ3n) is 4.67. The molecular weight excluding hydrogens is 444 g/mol. The number of rotatable bonds is 6. The Bertz CT molecular complexity index is 1490. The molecule has 2 heterocycles. The molecule has 0 unspecified atom stereocenters. The maximum Gasteiger partial charge on any atom is 0.348 e. The summed E-state index contributed by atoms with van der Waals surface area (Å²) < 4.78 is 33.9. The molecule has 0 aliphatic heterocycles. The van der Waals surface area contributed by atoms with Crippen molar-refractivity contribution < 1.29 is 37.4 Å². The van der Waals surface area contributed by atoms with Crippen molar-refractivity contribution >= 4 is 44.8 Å². The molecule has 9 nitrogen and oxygen atoms in total. The number of hydrogen-bond acceptors (Lipinski definition) is 9. The van der Waals surface area contributed by atoms with Crippen LogP contribution in [0.4, 0.5) is 0 Å². The first-order chi connectivity index (χ1) is 16.0.